The molecule has 0 radical (unpaired) electrons. The van der Waals surface area contributed by atoms with Gasteiger partial charge in [0.2, 0.25) is 0 Å². The van der Waals surface area contributed by atoms with Crippen LogP contribution in [0.25, 0.3) is 0 Å². The van der Waals surface area contributed by atoms with E-state index in [4.69, 9.17) is 4.74 Å². The number of hydrogen-bond acceptors (Lipinski definition) is 3. The van der Waals surface area contributed by atoms with Gasteiger partial charge in [0.05, 0.1) is 11.3 Å². The zero-order valence-electron chi connectivity index (χ0n) is 11.6. The van der Waals surface area contributed by atoms with Crippen molar-refractivity contribution in [2.75, 3.05) is 0 Å². The number of hydrogen-bond donors (Lipinski definition) is 0. The van der Waals surface area contributed by atoms with Crippen LogP contribution in [0.1, 0.15) is 34.6 Å². The standard InChI is InChI=1S/C15H20O3/c1-8(2)6-11-7-9(3)10(4)12-13(16)18-14(17)15(11,12)5/h6-7,10-12H,1-5H3. The molecule has 0 aromatic rings. The van der Waals surface area contributed by atoms with Crippen LogP contribution in [0.3, 0.4) is 0 Å². The summed E-state index contributed by atoms with van der Waals surface area (Å²) in [5, 5.41) is 0. The van der Waals surface area contributed by atoms with E-state index in [1.807, 2.05) is 34.6 Å². The second-order valence-electron chi connectivity index (χ2n) is 5.94. The lowest BCUT2D eigenvalue weighted by atomic mass is 9.59. The first-order valence-electron chi connectivity index (χ1n) is 6.38. The largest absolute Gasteiger partial charge is 0.392 e. The summed E-state index contributed by atoms with van der Waals surface area (Å²) in [6.07, 6.45) is 4.16. The number of rotatable bonds is 1. The number of fused-ring (bicyclic) bond motifs is 1. The first-order valence-corrected chi connectivity index (χ1v) is 6.38. The maximum Gasteiger partial charge on any atom is 0.321 e. The molecule has 0 N–H and O–H groups in total. The summed E-state index contributed by atoms with van der Waals surface area (Å²) in [6.45, 7) is 9.87. The van der Waals surface area contributed by atoms with Crippen molar-refractivity contribution in [3.63, 3.8) is 0 Å². The average Bonchev–Trinajstić information content (AvgIpc) is 2.47. The molecule has 0 spiro atoms. The third kappa shape index (κ3) is 1.64. The van der Waals surface area contributed by atoms with Crippen molar-refractivity contribution in [3.05, 3.63) is 23.3 Å². The number of carbonyl (C=O) groups excluding carboxylic acids is 2. The fraction of sp³-hybridized carbons (Fsp3) is 0.600. The van der Waals surface area contributed by atoms with E-state index in [-0.39, 0.29) is 29.7 Å². The molecule has 1 fully saturated rings. The summed E-state index contributed by atoms with van der Waals surface area (Å²) in [6, 6.07) is 0. The van der Waals surface area contributed by atoms with E-state index in [0.29, 0.717) is 0 Å². The van der Waals surface area contributed by atoms with Crippen molar-refractivity contribution in [1.29, 1.82) is 0 Å². The molecule has 18 heavy (non-hydrogen) atoms. The Hall–Kier alpha value is -1.38. The highest BCUT2D eigenvalue weighted by atomic mass is 16.6. The van der Waals surface area contributed by atoms with Gasteiger partial charge in [0.15, 0.2) is 0 Å². The second kappa shape index (κ2) is 4.08. The molecular weight excluding hydrogens is 228 g/mol. The highest BCUT2D eigenvalue weighted by molar-refractivity contribution is 6.00. The van der Waals surface area contributed by atoms with Crippen molar-refractivity contribution in [3.8, 4) is 0 Å². The predicted molar refractivity (Wildman–Crippen MR) is 68.5 cm³/mol. The zero-order valence-corrected chi connectivity index (χ0v) is 11.6. The number of cyclic esters (lactones) is 2. The molecule has 0 aromatic carbocycles. The molecule has 3 heteroatoms. The molecule has 1 heterocycles. The van der Waals surface area contributed by atoms with Gasteiger partial charge in [-0.05, 0) is 33.6 Å². The number of carbonyl (C=O) groups is 2. The molecule has 0 amide bonds. The second-order valence-corrected chi connectivity index (χ2v) is 5.94. The van der Waals surface area contributed by atoms with E-state index < -0.39 is 5.41 Å². The van der Waals surface area contributed by atoms with Crippen LogP contribution in [-0.4, -0.2) is 11.9 Å². The highest BCUT2D eigenvalue weighted by Gasteiger charge is 2.61. The quantitative estimate of drug-likeness (QED) is 0.407. The van der Waals surface area contributed by atoms with Crippen LogP contribution < -0.4 is 0 Å². The molecule has 0 bridgehead atoms. The van der Waals surface area contributed by atoms with Gasteiger partial charge in [-0.2, -0.15) is 0 Å². The van der Waals surface area contributed by atoms with Gasteiger partial charge in [0.1, 0.15) is 0 Å². The minimum atomic E-state index is -0.743. The van der Waals surface area contributed by atoms with Crippen molar-refractivity contribution < 1.29 is 14.3 Å². The Bertz CT molecular complexity index is 468. The lowest BCUT2D eigenvalue weighted by Crippen LogP contribution is -2.43. The molecular formula is C15H20O3. The van der Waals surface area contributed by atoms with Gasteiger partial charge < -0.3 is 4.74 Å². The summed E-state index contributed by atoms with van der Waals surface area (Å²) in [5.74, 6) is -1.08. The first-order chi connectivity index (χ1) is 8.28. The molecule has 1 aliphatic heterocycles. The van der Waals surface area contributed by atoms with E-state index >= 15 is 0 Å². The summed E-state index contributed by atoms with van der Waals surface area (Å²) < 4.78 is 4.90. The van der Waals surface area contributed by atoms with Crippen LogP contribution in [0.4, 0.5) is 0 Å². The Labute approximate surface area is 108 Å². The van der Waals surface area contributed by atoms with Crippen LogP contribution in [0.2, 0.25) is 0 Å². The Kier molecular flexibility index (Phi) is 2.96. The van der Waals surface area contributed by atoms with Crippen molar-refractivity contribution in [2.45, 2.75) is 34.6 Å². The smallest absolute Gasteiger partial charge is 0.321 e. The van der Waals surface area contributed by atoms with Crippen LogP contribution in [0, 0.1) is 23.2 Å². The Morgan fingerprint density at radius 3 is 2.56 bits per heavy atom. The van der Waals surface area contributed by atoms with E-state index in [1.54, 1.807) is 0 Å². The van der Waals surface area contributed by atoms with E-state index in [0.717, 1.165) is 11.1 Å². The average molecular weight is 248 g/mol. The molecule has 2 rings (SSSR count). The van der Waals surface area contributed by atoms with Crippen LogP contribution in [0.5, 0.6) is 0 Å². The molecule has 0 aromatic heterocycles. The topological polar surface area (TPSA) is 43.4 Å². The number of esters is 2. The molecule has 98 valence electrons. The molecule has 4 unspecified atom stereocenters. The van der Waals surface area contributed by atoms with Gasteiger partial charge in [-0.25, -0.2) is 0 Å². The van der Waals surface area contributed by atoms with Gasteiger partial charge in [0.25, 0.3) is 0 Å². The van der Waals surface area contributed by atoms with Crippen LogP contribution in [0.15, 0.2) is 23.3 Å². The van der Waals surface area contributed by atoms with E-state index in [9.17, 15) is 9.59 Å². The first kappa shape index (κ1) is 13.1. The van der Waals surface area contributed by atoms with Gasteiger partial charge in [0, 0.05) is 5.92 Å². The molecule has 1 saturated heterocycles. The Balaban J connectivity index is 2.58. The number of ether oxygens (including phenoxy) is 1. The van der Waals surface area contributed by atoms with Crippen molar-refractivity contribution >= 4 is 11.9 Å². The number of allylic oxidation sites excluding steroid dienone is 4. The predicted octanol–water partition coefficient (Wildman–Crippen LogP) is 2.87. The fourth-order valence-corrected chi connectivity index (χ4v) is 3.15. The van der Waals surface area contributed by atoms with Gasteiger partial charge >= 0.3 is 11.9 Å². The molecule has 2 aliphatic rings. The molecule has 1 aliphatic carbocycles. The van der Waals surface area contributed by atoms with Crippen LogP contribution >= 0.6 is 0 Å². The maximum absolute atomic E-state index is 12.1. The van der Waals surface area contributed by atoms with Crippen molar-refractivity contribution in [2.24, 2.45) is 23.2 Å². The monoisotopic (exact) mass is 248 g/mol. The highest BCUT2D eigenvalue weighted by Crippen LogP contribution is 2.52. The molecule has 3 nitrogen and oxygen atoms in total. The SMILES string of the molecule is CC(C)=CC1C=C(C)C(C)C2C(=O)OC(=O)C12C. The van der Waals surface area contributed by atoms with Crippen LogP contribution in [-0.2, 0) is 14.3 Å². The van der Waals surface area contributed by atoms with Crippen molar-refractivity contribution in [1.82, 2.24) is 0 Å². The zero-order chi connectivity index (χ0) is 13.7. The Morgan fingerprint density at radius 1 is 1.39 bits per heavy atom. The third-order valence-electron chi connectivity index (χ3n) is 4.40. The molecule has 4 atom stereocenters. The van der Waals surface area contributed by atoms with Gasteiger partial charge in [-0.1, -0.05) is 30.2 Å². The molecule has 0 saturated carbocycles. The van der Waals surface area contributed by atoms with E-state index in [1.165, 1.54) is 0 Å². The van der Waals surface area contributed by atoms with E-state index in [2.05, 4.69) is 12.2 Å². The lowest BCUT2D eigenvalue weighted by Gasteiger charge is -2.39. The van der Waals surface area contributed by atoms with Gasteiger partial charge in [-0.15, -0.1) is 0 Å². The van der Waals surface area contributed by atoms with Gasteiger partial charge in [-0.3, -0.25) is 9.59 Å². The summed E-state index contributed by atoms with van der Waals surface area (Å²) in [4.78, 5) is 24.0. The minimum absolute atomic E-state index is 0.0531. The lowest BCUT2D eigenvalue weighted by molar-refractivity contribution is -0.155. The Morgan fingerprint density at radius 2 is 2.00 bits per heavy atom. The fourth-order valence-electron chi connectivity index (χ4n) is 3.15. The third-order valence-corrected chi connectivity index (χ3v) is 4.40. The summed E-state index contributed by atoms with van der Waals surface area (Å²) in [5.41, 5.74) is 1.56. The normalized spacial score (nSPS) is 38.9. The summed E-state index contributed by atoms with van der Waals surface area (Å²) in [7, 11) is 0. The maximum atomic E-state index is 12.1. The minimum Gasteiger partial charge on any atom is -0.392 e. The summed E-state index contributed by atoms with van der Waals surface area (Å²) >= 11 is 0.